The maximum absolute atomic E-state index is 12.2. The molecule has 0 N–H and O–H groups in total. The molecule has 0 bridgehead atoms. The standard InChI is InChI=1S/C6H2F3S/c7-5(6(8)9)4-1-2-10-3-4/h1-2H. The summed E-state index contributed by atoms with van der Waals surface area (Å²) in [5, 5.41) is 3.83. The lowest BCUT2D eigenvalue weighted by Crippen LogP contribution is -1.72. The lowest BCUT2D eigenvalue weighted by atomic mass is 10.3. The zero-order valence-corrected chi connectivity index (χ0v) is 5.51. The summed E-state index contributed by atoms with van der Waals surface area (Å²) in [5.74, 6) is -1.48. The van der Waals surface area contributed by atoms with Crippen LogP contribution < -0.4 is 0 Å². The SMILES string of the molecule is FC(F)=C(F)c1[c]scc1. The Morgan fingerprint density at radius 1 is 1.40 bits per heavy atom. The van der Waals surface area contributed by atoms with Gasteiger partial charge < -0.3 is 0 Å². The minimum Gasteiger partial charge on any atom is -0.200 e. The van der Waals surface area contributed by atoms with Crippen LogP contribution in [-0.4, -0.2) is 0 Å². The van der Waals surface area contributed by atoms with E-state index in [1.165, 1.54) is 11.4 Å². The molecular weight excluding hydrogens is 161 g/mol. The van der Waals surface area contributed by atoms with Crippen LogP contribution in [0.3, 0.4) is 0 Å². The van der Waals surface area contributed by atoms with Crippen molar-refractivity contribution in [2.75, 3.05) is 0 Å². The van der Waals surface area contributed by atoms with Crippen LogP contribution in [0.4, 0.5) is 13.2 Å². The predicted molar refractivity (Wildman–Crippen MR) is 33.4 cm³/mol. The van der Waals surface area contributed by atoms with E-state index in [9.17, 15) is 13.2 Å². The van der Waals surface area contributed by atoms with Gasteiger partial charge in [-0.1, -0.05) is 0 Å². The first-order chi connectivity index (χ1) is 4.72. The quantitative estimate of drug-likeness (QED) is 0.596. The van der Waals surface area contributed by atoms with Gasteiger partial charge in [-0.3, -0.25) is 0 Å². The van der Waals surface area contributed by atoms with Crippen molar-refractivity contribution >= 4 is 17.2 Å². The summed E-state index contributed by atoms with van der Waals surface area (Å²) in [4.78, 5) is 0. The summed E-state index contributed by atoms with van der Waals surface area (Å²) in [6.45, 7) is 0. The molecule has 0 aliphatic carbocycles. The Morgan fingerprint density at radius 2 is 2.10 bits per heavy atom. The molecule has 1 rings (SSSR count). The fourth-order valence-corrected chi connectivity index (χ4v) is 1.01. The zero-order chi connectivity index (χ0) is 7.56. The van der Waals surface area contributed by atoms with Crippen molar-refractivity contribution in [3.8, 4) is 0 Å². The van der Waals surface area contributed by atoms with E-state index in [0.717, 1.165) is 11.3 Å². The van der Waals surface area contributed by atoms with Crippen LogP contribution in [-0.2, 0) is 0 Å². The summed E-state index contributed by atoms with van der Waals surface area (Å²) < 4.78 is 35.2. The largest absolute Gasteiger partial charge is 0.306 e. The molecule has 0 nitrogen and oxygen atoms in total. The molecule has 0 atom stereocenters. The average Bonchev–Trinajstić information content (AvgIpc) is 2.36. The van der Waals surface area contributed by atoms with Crippen LogP contribution in [0.2, 0.25) is 0 Å². The Balaban J connectivity index is 2.99. The van der Waals surface area contributed by atoms with Crippen molar-refractivity contribution in [1.29, 1.82) is 0 Å². The van der Waals surface area contributed by atoms with Gasteiger partial charge in [0.1, 0.15) is 0 Å². The highest BCUT2D eigenvalue weighted by molar-refractivity contribution is 7.07. The average molecular weight is 163 g/mol. The van der Waals surface area contributed by atoms with Gasteiger partial charge in [-0.2, -0.15) is 8.78 Å². The van der Waals surface area contributed by atoms with Gasteiger partial charge in [0, 0.05) is 5.56 Å². The van der Waals surface area contributed by atoms with E-state index in [-0.39, 0.29) is 5.56 Å². The van der Waals surface area contributed by atoms with E-state index in [2.05, 4.69) is 5.38 Å². The number of rotatable bonds is 1. The molecule has 0 amide bonds. The molecule has 0 saturated heterocycles. The zero-order valence-electron chi connectivity index (χ0n) is 4.70. The third-order valence-corrected chi connectivity index (χ3v) is 1.48. The summed E-state index contributed by atoms with van der Waals surface area (Å²) >= 11 is 1.05. The van der Waals surface area contributed by atoms with E-state index in [1.54, 1.807) is 0 Å². The predicted octanol–water partition coefficient (Wildman–Crippen LogP) is 3.08. The van der Waals surface area contributed by atoms with Crippen molar-refractivity contribution in [2.45, 2.75) is 0 Å². The van der Waals surface area contributed by atoms with Crippen molar-refractivity contribution in [1.82, 2.24) is 0 Å². The minimum absolute atomic E-state index is 0.176. The first-order valence-corrected chi connectivity index (χ1v) is 3.26. The second-order valence-electron chi connectivity index (χ2n) is 1.51. The van der Waals surface area contributed by atoms with Crippen LogP contribution in [0.25, 0.3) is 5.83 Å². The molecule has 4 heteroatoms. The van der Waals surface area contributed by atoms with E-state index < -0.39 is 11.9 Å². The molecule has 0 spiro atoms. The molecule has 0 unspecified atom stereocenters. The lowest BCUT2D eigenvalue weighted by Gasteiger charge is -1.86. The van der Waals surface area contributed by atoms with Gasteiger partial charge in [-0.15, -0.1) is 11.3 Å². The van der Waals surface area contributed by atoms with Crippen LogP contribution in [0.1, 0.15) is 5.56 Å². The number of hydrogen-bond acceptors (Lipinski definition) is 1. The van der Waals surface area contributed by atoms with Crippen LogP contribution in [0.5, 0.6) is 0 Å². The van der Waals surface area contributed by atoms with Gasteiger partial charge in [-0.25, -0.2) is 4.39 Å². The van der Waals surface area contributed by atoms with Gasteiger partial charge in [0.15, 0.2) is 5.83 Å². The van der Waals surface area contributed by atoms with Crippen LogP contribution >= 0.6 is 11.3 Å². The smallest absolute Gasteiger partial charge is 0.200 e. The molecule has 0 fully saturated rings. The highest BCUT2D eigenvalue weighted by Crippen LogP contribution is 2.22. The van der Waals surface area contributed by atoms with Crippen molar-refractivity contribution in [3.05, 3.63) is 28.5 Å². The number of hydrogen-bond donors (Lipinski definition) is 0. The molecule has 1 heterocycles. The van der Waals surface area contributed by atoms with Gasteiger partial charge in [0.25, 0.3) is 0 Å². The van der Waals surface area contributed by atoms with Gasteiger partial charge in [0.2, 0.25) is 0 Å². The molecule has 53 valence electrons. The Hall–Kier alpha value is -0.770. The Bertz CT molecular complexity index is 234. The summed E-state index contributed by atoms with van der Waals surface area (Å²) in [6, 6.07) is 1.25. The number of thiophene rings is 1. The van der Waals surface area contributed by atoms with E-state index in [0.29, 0.717) is 0 Å². The molecule has 1 aromatic rings. The van der Waals surface area contributed by atoms with E-state index in [4.69, 9.17) is 0 Å². The molecule has 0 aromatic carbocycles. The fourth-order valence-electron chi connectivity index (χ4n) is 0.453. The third-order valence-electron chi connectivity index (χ3n) is 0.874. The topological polar surface area (TPSA) is 0 Å². The highest BCUT2D eigenvalue weighted by Gasteiger charge is 2.07. The highest BCUT2D eigenvalue weighted by atomic mass is 32.1. The molecule has 10 heavy (non-hydrogen) atoms. The van der Waals surface area contributed by atoms with Crippen molar-refractivity contribution in [3.63, 3.8) is 0 Å². The summed E-state index contributed by atoms with van der Waals surface area (Å²) in [7, 11) is 0. The molecular formula is C6H2F3S. The Labute approximate surface area is 59.6 Å². The molecule has 0 aliphatic rings. The minimum atomic E-state index is -2.30. The normalized spacial score (nSPS) is 9.50. The van der Waals surface area contributed by atoms with Crippen LogP contribution in [0, 0.1) is 5.38 Å². The second kappa shape index (κ2) is 2.88. The summed E-state index contributed by atoms with van der Waals surface area (Å²) in [5.41, 5.74) is -0.176. The first kappa shape index (κ1) is 7.34. The van der Waals surface area contributed by atoms with E-state index >= 15 is 0 Å². The van der Waals surface area contributed by atoms with Crippen LogP contribution in [0.15, 0.2) is 17.5 Å². The van der Waals surface area contributed by atoms with E-state index in [1.807, 2.05) is 0 Å². The molecule has 1 aromatic heterocycles. The maximum Gasteiger partial charge on any atom is 0.306 e. The molecule has 1 radical (unpaired) electrons. The van der Waals surface area contributed by atoms with Gasteiger partial charge >= 0.3 is 6.08 Å². The fraction of sp³-hybridized carbons (Fsp3) is 0. The maximum atomic E-state index is 12.2. The summed E-state index contributed by atoms with van der Waals surface area (Å²) in [6.07, 6.45) is -2.30. The molecule has 0 aliphatic heterocycles. The van der Waals surface area contributed by atoms with Crippen molar-refractivity contribution in [2.24, 2.45) is 0 Å². The lowest BCUT2D eigenvalue weighted by molar-refractivity contribution is 0.410. The first-order valence-electron chi connectivity index (χ1n) is 2.38. The molecule has 0 saturated carbocycles. The van der Waals surface area contributed by atoms with Crippen molar-refractivity contribution < 1.29 is 13.2 Å². The number of halogens is 3. The Kier molecular flexibility index (Phi) is 2.11. The van der Waals surface area contributed by atoms with Gasteiger partial charge in [-0.05, 0) is 11.4 Å². The monoisotopic (exact) mass is 163 g/mol. The Morgan fingerprint density at radius 3 is 2.50 bits per heavy atom. The van der Waals surface area contributed by atoms with Gasteiger partial charge in [0.05, 0.1) is 5.38 Å². The third kappa shape index (κ3) is 1.39. The second-order valence-corrected chi connectivity index (χ2v) is 2.22.